The van der Waals surface area contributed by atoms with Crippen LogP contribution in [0, 0.1) is 0 Å². The predicted molar refractivity (Wildman–Crippen MR) is 58.8 cm³/mol. The van der Waals surface area contributed by atoms with Crippen LogP contribution in [0.5, 0.6) is 0 Å². The number of rotatable bonds is 3. The SMILES string of the molecule is NC1(CC(F)c2cccc(Br)c2)CC1. The van der Waals surface area contributed by atoms with E-state index in [0.717, 1.165) is 22.9 Å². The van der Waals surface area contributed by atoms with E-state index in [0.29, 0.717) is 6.42 Å². The van der Waals surface area contributed by atoms with E-state index in [1.165, 1.54) is 0 Å². The Kier molecular flexibility index (Phi) is 2.62. The maximum Gasteiger partial charge on any atom is 0.127 e. The predicted octanol–water partition coefficient (Wildman–Crippen LogP) is 3.34. The number of hydrogen-bond acceptors (Lipinski definition) is 1. The number of hydrogen-bond donors (Lipinski definition) is 1. The minimum Gasteiger partial charge on any atom is -0.325 e. The van der Waals surface area contributed by atoms with Crippen LogP contribution in [0.15, 0.2) is 28.7 Å². The van der Waals surface area contributed by atoms with Gasteiger partial charge in [0.05, 0.1) is 0 Å². The monoisotopic (exact) mass is 257 g/mol. The number of halogens is 2. The summed E-state index contributed by atoms with van der Waals surface area (Å²) in [7, 11) is 0. The Hall–Kier alpha value is -0.410. The third kappa shape index (κ3) is 2.34. The zero-order valence-corrected chi connectivity index (χ0v) is 9.43. The summed E-state index contributed by atoms with van der Waals surface area (Å²) in [4.78, 5) is 0. The molecular formula is C11H13BrFN. The maximum absolute atomic E-state index is 13.8. The normalized spacial score (nSPS) is 20.5. The van der Waals surface area contributed by atoms with Crippen LogP contribution in [0.2, 0.25) is 0 Å². The molecule has 1 nitrogen and oxygen atoms in total. The summed E-state index contributed by atoms with van der Waals surface area (Å²) in [5, 5.41) is 0. The topological polar surface area (TPSA) is 26.0 Å². The van der Waals surface area contributed by atoms with Gasteiger partial charge in [0, 0.05) is 16.4 Å². The van der Waals surface area contributed by atoms with Crippen LogP contribution in [0.1, 0.15) is 31.0 Å². The van der Waals surface area contributed by atoms with Crippen molar-refractivity contribution >= 4 is 15.9 Å². The van der Waals surface area contributed by atoms with Gasteiger partial charge >= 0.3 is 0 Å². The molecule has 14 heavy (non-hydrogen) atoms. The van der Waals surface area contributed by atoms with Crippen molar-refractivity contribution in [3.05, 3.63) is 34.3 Å². The van der Waals surface area contributed by atoms with Gasteiger partial charge in [0.15, 0.2) is 0 Å². The van der Waals surface area contributed by atoms with E-state index in [1.54, 1.807) is 6.07 Å². The molecule has 1 atom stereocenters. The van der Waals surface area contributed by atoms with Crippen molar-refractivity contribution in [1.29, 1.82) is 0 Å². The highest BCUT2D eigenvalue weighted by Gasteiger charge is 2.40. The van der Waals surface area contributed by atoms with Gasteiger partial charge in [0.1, 0.15) is 6.17 Å². The summed E-state index contributed by atoms with van der Waals surface area (Å²) in [6, 6.07) is 7.37. The largest absolute Gasteiger partial charge is 0.325 e. The fourth-order valence-electron chi connectivity index (χ4n) is 1.54. The highest BCUT2D eigenvalue weighted by Crippen LogP contribution is 2.41. The van der Waals surface area contributed by atoms with Crippen LogP contribution < -0.4 is 5.73 Å². The first-order chi connectivity index (χ1) is 6.59. The lowest BCUT2D eigenvalue weighted by atomic mass is 10.0. The van der Waals surface area contributed by atoms with Gasteiger partial charge in [-0.05, 0) is 30.5 Å². The lowest BCUT2D eigenvalue weighted by Gasteiger charge is -2.13. The van der Waals surface area contributed by atoms with Crippen molar-refractivity contribution in [2.45, 2.75) is 31.0 Å². The van der Waals surface area contributed by atoms with Gasteiger partial charge in [-0.3, -0.25) is 0 Å². The van der Waals surface area contributed by atoms with Gasteiger partial charge < -0.3 is 5.73 Å². The highest BCUT2D eigenvalue weighted by atomic mass is 79.9. The van der Waals surface area contributed by atoms with E-state index in [-0.39, 0.29) is 5.54 Å². The van der Waals surface area contributed by atoms with Crippen molar-refractivity contribution in [1.82, 2.24) is 0 Å². The molecule has 3 heteroatoms. The second kappa shape index (κ2) is 3.63. The molecule has 1 aliphatic carbocycles. The van der Waals surface area contributed by atoms with Gasteiger partial charge in [-0.2, -0.15) is 0 Å². The number of benzene rings is 1. The Bertz CT molecular complexity index is 336. The first kappa shape index (κ1) is 10.1. The van der Waals surface area contributed by atoms with Crippen LogP contribution in [0.25, 0.3) is 0 Å². The Morgan fingerprint density at radius 3 is 2.79 bits per heavy atom. The fraction of sp³-hybridized carbons (Fsp3) is 0.455. The molecule has 1 aromatic carbocycles. The summed E-state index contributed by atoms with van der Waals surface area (Å²) < 4.78 is 14.7. The zero-order chi connectivity index (χ0) is 10.2. The summed E-state index contributed by atoms with van der Waals surface area (Å²) >= 11 is 3.33. The Balaban J connectivity index is 2.06. The third-order valence-electron chi connectivity index (χ3n) is 2.69. The molecule has 0 saturated heterocycles. The average molecular weight is 258 g/mol. The molecular weight excluding hydrogens is 245 g/mol. The summed E-state index contributed by atoms with van der Waals surface area (Å²) in [5.74, 6) is 0. The van der Waals surface area contributed by atoms with Crippen LogP contribution in [-0.4, -0.2) is 5.54 Å². The molecule has 0 amide bonds. The lowest BCUT2D eigenvalue weighted by molar-refractivity contribution is 0.295. The van der Waals surface area contributed by atoms with Crippen molar-refractivity contribution in [2.75, 3.05) is 0 Å². The second-order valence-corrected chi connectivity index (χ2v) is 5.00. The summed E-state index contributed by atoms with van der Waals surface area (Å²) in [6.07, 6.45) is 1.44. The molecule has 0 radical (unpaired) electrons. The van der Waals surface area contributed by atoms with Crippen LogP contribution in [0.3, 0.4) is 0 Å². The van der Waals surface area contributed by atoms with E-state index in [4.69, 9.17) is 5.73 Å². The van der Waals surface area contributed by atoms with Gasteiger partial charge in [0.2, 0.25) is 0 Å². The minimum atomic E-state index is -0.931. The van der Waals surface area contributed by atoms with Gasteiger partial charge in [0.25, 0.3) is 0 Å². The molecule has 1 aliphatic rings. The Morgan fingerprint density at radius 2 is 2.21 bits per heavy atom. The van der Waals surface area contributed by atoms with Gasteiger partial charge in [-0.15, -0.1) is 0 Å². The molecule has 1 saturated carbocycles. The third-order valence-corrected chi connectivity index (χ3v) is 3.18. The van der Waals surface area contributed by atoms with Crippen molar-refractivity contribution in [3.63, 3.8) is 0 Å². The second-order valence-electron chi connectivity index (χ2n) is 4.09. The lowest BCUT2D eigenvalue weighted by Crippen LogP contribution is -2.23. The van der Waals surface area contributed by atoms with Gasteiger partial charge in [-0.25, -0.2) is 4.39 Å². The smallest absolute Gasteiger partial charge is 0.127 e. The quantitative estimate of drug-likeness (QED) is 0.884. The molecule has 1 aromatic rings. The molecule has 2 rings (SSSR count). The van der Waals surface area contributed by atoms with E-state index < -0.39 is 6.17 Å². The Morgan fingerprint density at radius 1 is 1.50 bits per heavy atom. The molecule has 1 fully saturated rings. The Labute approximate surface area is 91.6 Å². The summed E-state index contributed by atoms with van der Waals surface area (Å²) in [5.41, 5.74) is 6.37. The summed E-state index contributed by atoms with van der Waals surface area (Å²) in [6.45, 7) is 0. The molecule has 2 N–H and O–H groups in total. The van der Waals surface area contributed by atoms with Crippen molar-refractivity contribution in [3.8, 4) is 0 Å². The van der Waals surface area contributed by atoms with E-state index in [1.807, 2.05) is 18.2 Å². The molecule has 0 heterocycles. The average Bonchev–Trinajstić information content (AvgIpc) is 2.83. The number of alkyl halides is 1. The van der Waals surface area contributed by atoms with Crippen LogP contribution in [-0.2, 0) is 0 Å². The van der Waals surface area contributed by atoms with E-state index in [2.05, 4.69) is 15.9 Å². The molecule has 1 unspecified atom stereocenters. The maximum atomic E-state index is 13.8. The van der Waals surface area contributed by atoms with E-state index in [9.17, 15) is 4.39 Å². The standard InChI is InChI=1S/C11H13BrFN/c12-9-3-1-2-8(6-9)10(13)7-11(14)4-5-11/h1-3,6,10H,4-5,7,14H2. The molecule has 0 bridgehead atoms. The molecule has 0 spiro atoms. The first-order valence-corrected chi connectivity index (χ1v) is 5.57. The number of nitrogens with two attached hydrogens (primary N) is 1. The first-order valence-electron chi connectivity index (χ1n) is 4.77. The van der Waals surface area contributed by atoms with Crippen LogP contribution >= 0.6 is 15.9 Å². The molecule has 0 aromatic heterocycles. The van der Waals surface area contributed by atoms with Crippen molar-refractivity contribution in [2.24, 2.45) is 5.73 Å². The van der Waals surface area contributed by atoms with E-state index >= 15 is 0 Å². The highest BCUT2D eigenvalue weighted by molar-refractivity contribution is 9.10. The fourth-order valence-corrected chi connectivity index (χ4v) is 1.96. The van der Waals surface area contributed by atoms with Crippen molar-refractivity contribution < 1.29 is 4.39 Å². The molecule has 76 valence electrons. The molecule has 0 aliphatic heterocycles. The van der Waals surface area contributed by atoms with Crippen LogP contribution in [0.4, 0.5) is 4.39 Å². The van der Waals surface area contributed by atoms with Gasteiger partial charge in [-0.1, -0.05) is 28.1 Å². The zero-order valence-electron chi connectivity index (χ0n) is 7.84. The minimum absolute atomic E-state index is 0.221.